The molecule has 1 amide bonds. The van der Waals surface area contributed by atoms with Crippen molar-refractivity contribution in [3.05, 3.63) is 88.4 Å². The van der Waals surface area contributed by atoms with Gasteiger partial charge in [-0.1, -0.05) is 41.9 Å². The lowest BCUT2D eigenvalue weighted by atomic mass is 10.0. The first-order valence-electron chi connectivity index (χ1n) is 10.5. The minimum atomic E-state index is -4.54. The van der Waals surface area contributed by atoms with E-state index in [1.807, 2.05) is 24.3 Å². The van der Waals surface area contributed by atoms with E-state index in [0.29, 0.717) is 13.0 Å². The molecule has 0 radical (unpaired) electrons. The van der Waals surface area contributed by atoms with E-state index in [-0.39, 0.29) is 27.9 Å². The predicted octanol–water partition coefficient (Wildman–Crippen LogP) is 5.12. The zero-order valence-corrected chi connectivity index (χ0v) is 19.8. The van der Waals surface area contributed by atoms with Crippen molar-refractivity contribution in [3.8, 4) is 5.75 Å². The van der Waals surface area contributed by atoms with E-state index < -0.39 is 34.3 Å². The zero-order chi connectivity index (χ0) is 25.2. The number of amides is 1. The largest absolute Gasteiger partial charge is 0.482 e. The summed E-state index contributed by atoms with van der Waals surface area (Å²) >= 11 is 6.21. The summed E-state index contributed by atoms with van der Waals surface area (Å²) in [5.74, 6) is -0.641. The van der Waals surface area contributed by atoms with Crippen molar-refractivity contribution >= 4 is 33.2 Å². The van der Waals surface area contributed by atoms with Crippen LogP contribution in [-0.2, 0) is 34.0 Å². The number of halogens is 4. The van der Waals surface area contributed by atoms with Crippen molar-refractivity contribution in [3.63, 3.8) is 0 Å². The van der Waals surface area contributed by atoms with Gasteiger partial charge in [0, 0.05) is 18.8 Å². The van der Waals surface area contributed by atoms with Gasteiger partial charge in [0.1, 0.15) is 5.75 Å². The number of benzene rings is 3. The summed E-state index contributed by atoms with van der Waals surface area (Å²) in [6.07, 6.45) is -3.93. The molecule has 0 saturated heterocycles. The first-order valence-corrected chi connectivity index (χ1v) is 12.3. The molecular formula is C24H20ClF3N2O4S. The van der Waals surface area contributed by atoms with Crippen LogP contribution < -0.4 is 10.1 Å². The molecule has 4 rings (SSSR count). The van der Waals surface area contributed by atoms with E-state index in [9.17, 15) is 26.4 Å². The molecule has 1 aliphatic heterocycles. The quantitative estimate of drug-likeness (QED) is 0.485. The monoisotopic (exact) mass is 524 g/mol. The Hall–Kier alpha value is -3.08. The Morgan fingerprint density at radius 1 is 1.03 bits per heavy atom. The van der Waals surface area contributed by atoms with E-state index in [0.717, 1.165) is 23.3 Å². The van der Waals surface area contributed by atoms with Gasteiger partial charge in [0.25, 0.3) is 5.91 Å². The summed E-state index contributed by atoms with van der Waals surface area (Å²) < 4.78 is 71.4. The predicted molar refractivity (Wildman–Crippen MR) is 125 cm³/mol. The number of hydrogen-bond acceptors (Lipinski definition) is 4. The minimum Gasteiger partial charge on any atom is -0.482 e. The van der Waals surface area contributed by atoms with E-state index in [1.54, 1.807) is 0 Å². The maximum atomic E-state index is 13.1. The lowest BCUT2D eigenvalue weighted by molar-refractivity contribution is -0.137. The van der Waals surface area contributed by atoms with Crippen molar-refractivity contribution in [2.75, 3.05) is 18.5 Å². The summed E-state index contributed by atoms with van der Waals surface area (Å²) in [6, 6.07) is 15.8. The molecule has 184 valence electrons. The molecule has 0 bridgehead atoms. The molecule has 0 spiro atoms. The van der Waals surface area contributed by atoms with Gasteiger partial charge < -0.3 is 10.1 Å². The highest BCUT2D eigenvalue weighted by Crippen LogP contribution is 2.32. The lowest BCUT2D eigenvalue weighted by Crippen LogP contribution is -2.35. The van der Waals surface area contributed by atoms with Crippen molar-refractivity contribution in [1.82, 2.24) is 4.31 Å². The van der Waals surface area contributed by atoms with Crippen molar-refractivity contribution in [2.45, 2.75) is 24.0 Å². The third-order valence-corrected chi connectivity index (χ3v) is 7.61. The fourth-order valence-corrected chi connectivity index (χ4v) is 5.44. The van der Waals surface area contributed by atoms with E-state index in [2.05, 4.69) is 5.32 Å². The Balaban J connectivity index is 1.40. The number of rotatable bonds is 6. The molecule has 0 aliphatic carbocycles. The molecule has 35 heavy (non-hydrogen) atoms. The highest BCUT2D eigenvalue weighted by Gasteiger charge is 2.31. The molecule has 1 aliphatic rings. The molecular weight excluding hydrogens is 505 g/mol. The van der Waals surface area contributed by atoms with Gasteiger partial charge in [-0.3, -0.25) is 4.79 Å². The van der Waals surface area contributed by atoms with Gasteiger partial charge in [0.05, 0.1) is 15.5 Å². The second kappa shape index (κ2) is 9.88. The molecule has 0 aromatic heterocycles. The summed E-state index contributed by atoms with van der Waals surface area (Å²) in [6.45, 7) is 0.0555. The fourth-order valence-electron chi connectivity index (χ4n) is 3.70. The van der Waals surface area contributed by atoms with Gasteiger partial charge in [-0.05, 0) is 53.9 Å². The lowest BCUT2D eigenvalue weighted by Gasteiger charge is -2.28. The summed E-state index contributed by atoms with van der Waals surface area (Å²) in [7, 11) is -3.81. The summed E-state index contributed by atoms with van der Waals surface area (Å²) in [4.78, 5) is 12.1. The number of sulfonamides is 1. The number of fused-ring (bicyclic) bond motifs is 1. The topological polar surface area (TPSA) is 75.7 Å². The van der Waals surface area contributed by atoms with Crippen LogP contribution >= 0.6 is 11.6 Å². The maximum absolute atomic E-state index is 13.1. The van der Waals surface area contributed by atoms with Gasteiger partial charge in [-0.15, -0.1) is 0 Å². The molecule has 0 saturated carbocycles. The Kier molecular flexibility index (Phi) is 7.07. The number of ether oxygens (including phenoxy) is 1. The first-order chi connectivity index (χ1) is 16.5. The zero-order valence-electron chi connectivity index (χ0n) is 18.2. The molecule has 1 heterocycles. The third-order valence-electron chi connectivity index (χ3n) is 5.47. The normalized spacial score (nSPS) is 14.3. The van der Waals surface area contributed by atoms with E-state index >= 15 is 0 Å². The van der Waals surface area contributed by atoms with Gasteiger partial charge in [-0.2, -0.15) is 17.5 Å². The van der Waals surface area contributed by atoms with Crippen LogP contribution in [0.2, 0.25) is 5.02 Å². The molecule has 3 aromatic rings. The third kappa shape index (κ3) is 5.77. The number of alkyl halides is 3. The number of carbonyl (C=O) groups excluding carboxylic acids is 1. The van der Waals surface area contributed by atoms with Gasteiger partial charge in [0.2, 0.25) is 10.0 Å². The van der Waals surface area contributed by atoms with Crippen LogP contribution in [-0.4, -0.2) is 31.8 Å². The second-order valence-electron chi connectivity index (χ2n) is 7.86. The Morgan fingerprint density at radius 2 is 1.77 bits per heavy atom. The number of nitrogens with one attached hydrogen (secondary N) is 1. The van der Waals surface area contributed by atoms with E-state index in [4.69, 9.17) is 16.3 Å². The Bertz CT molecular complexity index is 1360. The van der Waals surface area contributed by atoms with Crippen LogP contribution in [0.3, 0.4) is 0 Å². The first kappa shape index (κ1) is 25.0. The standard InChI is InChI=1S/C24H20ClF3N2O4S/c25-21-13-20(35(32,33)30-11-10-16-4-1-2-5-17(16)14-30)8-9-22(21)34-15-23(31)29-19-7-3-6-18(12-19)24(26,27)28/h1-9,12-13H,10-11,14-15H2,(H,29,31). The van der Waals surface area contributed by atoms with Crippen LogP contribution in [0.1, 0.15) is 16.7 Å². The van der Waals surface area contributed by atoms with Gasteiger partial charge in [0.15, 0.2) is 6.61 Å². The molecule has 1 N–H and O–H groups in total. The number of carbonyl (C=O) groups is 1. The molecule has 0 atom stereocenters. The Labute approximate surface area is 205 Å². The van der Waals surface area contributed by atoms with Crippen LogP contribution in [0.25, 0.3) is 0 Å². The van der Waals surface area contributed by atoms with Crippen molar-refractivity contribution < 1.29 is 31.1 Å². The van der Waals surface area contributed by atoms with Crippen LogP contribution in [0.5, 0.6) is 5.75 Å². The fraction of sp³-hybridized carbons (Fsp3) is 0.208. The smallest absolute Gasteiger partial charge is 0.416 e. The van der Waals surface area contributed by atoms with Gasteiger partial charge >= 0.3 is 6.18 Å². The number of hydrogen-bond donors (Lipinski definition) is 1. The average Bonchev–Trinajstić information content (AvgIpc) is 2.82. The molecule has 3 aromatic carbocycles. The molecule has 0 unspecified atom stereocenters. The maximum Gasteiger partial charge on any atom is 0.416 e. The second-order valence-corrected chi connectivity index (χ2v) is 10.2. The Morgan fingerprint density at radius 3 is 2.49 bits per heavy atom. The van der Waals surface area contributed by atoms with Crippen molar-refractivity contribution in [1.29, 1.82) is 0 Å². The SMILES string of the molecule is O=C(COc1ccc(S(=O)(=O)N2CCc3ccccc3C2)cc1Cl)Nc1cccc(C(F)(F)F)c1. The van der Waals surface area contributed by atoms with Gasteiger partial charge in [-0.25, -0.2) is 8.42 Å². The van der Waals surface area contributed by atoms with Crippen molar-refractivity contribution in [2.24, 2.45) is 0 Å². The minimum absolute atomic E-state index is 0.0114. The van der Waals surface area contributed by atoms with E-state index in [1.165, 1.54) is 34.6 Å². The van der Waals surface area contributed by atoms with Crippen LogP contribution in [0, 0.1) is 0 Å². The molecule has 0 fully saturated rings. The van der Waals surface area contributed by atoms with Crippen LogP contribution in [0.4, 0.5) is 18.9 Å². The molecule has 11 heteroatoms. The highest BCUT2D eigenvalue weighted by atomic mass is 35.5. The number of anilines is 1. The number of nitrogens with zero attached hydrogens (tertiary/aromatic N) is 1. The van der Waals surface area contributed by atoms with Crippen LogP contribution in [0.15, 0.2) is 71.6 Å². The highest BCUT2D eigenvalue weighted by molar-refractivity contribution is 7.89. The summed E-state index contributed by atoms with van der Waals surface area (Å²) in [5, 5.41) is 2.30. The summed E-state index contributed by atoms with van der Waals surface area (Å²) in [5.41, 5.74) is 1.13. The molecule has 6 nitrogen and oxygen atoms in total. The average molecular weight is 525 g/mol.